The van der Waals surface area contributed by atoms with Crippen molar-refractivity contribution in [1.29, 1.82) is 0 Å². The third-order valence-corrected chi connectivity index (χ3v) is 2.89. The van der Waals surface area contributed by atoms with Gasteiger partial charge in [-0.05, 0) is 43.0 Å². The fourth-order valence-electron chi connectivity index (χ4n) is 2.28. The quantitative estimate of drug-likeness (QED) is 0.645. The number of hydrogen-bond donors (Lipinski definition) is 0. The van der Waals surface area contributed by atoms with Gasteiger partial charge in [0, 0.05) is 24.1 Å². The third-order valence-electron chi connectivity index (χ3n) is 2.89. The molecule has 0 fully saturated rings. The molecule has 1 nitrogen and oxygen atoms in total. The first-order valence-electron chi connectivity index (χ1n) is 5.18. The number of hydrogen-bond acceptors (Lipinski definition) is 0. The van der Waals surface area contributed by atoms with Gasteiger partial charge >= 0.3 is 0 Å². The maximum absolute atomic E-state index is 2.27. The Morgan fingerprint density at radius 3 is 2.57 bits per heavy atom. The summed E-state index contributed by atoms with van der Waals surface area (Å²) in [6.07, 6.45) is 3.36. The maximum Gasteiger partial charge on any atom is 0.0485 e. The van der Waals surface area contributed by atoms with E-state index >= 15 is 0 Å². The van der Waals surface area contributed by atoms with Crippen LogP contribution in [0.15, 0.2) is 18.3 Å². The summed E-state index contributed by atoms with van der Waals surface area (Å²) in [4.78, 5) is 0. The number of aryl methyl sites for hydroxylation is 4. The predicted molar refractivity (Wildman–Crippen MR) is 61.8 cm³/mol. The van der Waals surface area contributed by atoms with Crippen LogP contribution < -0.4 is 0 Å². The molecule has 74 valence electrons. The molecule has 0 aliphatic carbocycles. The van der Waals surface area contributed by atoms with Crippen LogP contribution in [0.4, 0.5) is 0 Å². The molecule has 0 saturated carbocycles. The number of aromatic nitrogens is 1. The monoisotopic (exact) mass is 187 g/mol. The average Bonchev–Trinajstić information content (AvgIpc) is 2.43. The second-order valence-electron chi connectivity index (χ2n) is 4.09. The molecule has 2 rings (SSSR count). The third kappa shape index (κ3) is 1.24. The van der Waals surface area contributed by atoms with Gasteiger partial charge in [-0.25, -0.2) is 0 Å². The van der Waals surface area contributed by atoms with Gasteiger partial charge in [0.1, 0.15) is 0 Å². The molecule has 0 unspecified atom stereocenters. The van der Waals surface area contributed by atoms with Gasteiger partial charge in [-0.2, -0.15) is 0 Å². The van der Waals surface area contributed by atoms with E-state index in [1.54, 1.807) is 0 Å². The second-order valence-corrected chi connectivity index (χ2v) is 4.09. The van der Waals surface area contributed by atoms with Gasteiger partial charge in [-0.3, -0.25) is 0 Å². The lowest BCUT2D eigenvalue weighted by Crippen LogP contribution is -1.86. The lowest BCUT2D eigenvalue weighted by molar-refractivity contribution is 0.954. The highest BCUT2D eigenvalue weighted by Gasteiger charge is 2.07. The number of benzene rings is 1. The molecular weight excluding hydrogens is 170 g/mol. The van der Waals surface area contributed by atoms with Crippen molar-refractivity contribution >= 4 is 10.9 Å². The first-order valence-corrected chi connectivity index (χ1v) is 5.18. The second kappa shape index (κ2) is 3.16. The van der Waals surface area contributed by atoms with Crippen LogP contribution in [0.25, 0.3) is 10.9 Å². The molecule has 0 saturated heterocycles. The van der Waals surface area contributed by atoms with E-state index in [1.807, 2.05) is 0 Å². The van der Waals surface area contributed by atoms with Gasteiger partial charge in [0.15, 0.2) is 0 Å². The number of fused-ring (bicyclic) bond motifs is 1. The molecule has 14 heavy (non-hydrogen) atoms. The topological polar surface area (TPSA) is 4.93 Å². The SMILES string of the molecule is CCc1cn(C)c2cc(C)cc(C)c12. The minimum absolute atomic E-state index is 1.11. The molecular formula is C13H17N. The van der Waals surface area contributed by atoms with Crippen molar-refractivity contribution in [3.05, 3.63) is 35.0 Å². The number of nitrogens with zero attached hydrogens (tertiary/aromatic N) is 1. The molecule has 0 spiro atoms. The summed E-state index contributed by atoms with van der Waals surface area (Å²) in [6, 6.07) is 4.53. The molecule has 2 aromatic rings. The Labute approximate surface area is 85.4 Å². The lowest BCUT2D eigenvalue weighted by Gasteiger charge is -2.02. The van der Waals surface area contributed by atoms with Crippen molar-refractivity contribution in [3.63, 3.8) is 0 Å². The first kappa shape index (κ1) is 9.32. The Balaban J connectivity index is 2.89. The van der Waals surface area contributed by atoms with E-state index in [4.69, 9.17) is 0 Å². The molecule has 0 radical (unpaired) electrons. The minimum Gasteiger partial charge on any atom is -0.350 e. The molecule has 0 aliphatic heterocycles. The zero-order valence-electron chi connectivity index (χ0n) is 9.39. The standard InChI is InChI=1S/C13H17N/c1-5-11-8-14(4)12-7-9(2)6-10(3)13(11)12/h6-8H,5H2,1-4H3. The highest BCUT2D eigenvalue weighted by molar-refractivity contribution is 5.87. The molecule has 0 atom stereocenters. The molecule has 1 heterocycles. The average molecular weight is 187 g/mol. The summed E-state index contributed by atoms with van der Waals surface area (Å²) >= 11 is 0. The summed E-state index contributed by atoms with van der Waals surface area (Å²) in [5.41, 5.74) is 5.57. The summed E-state index contributed by atoms with van der Waals surface area (Å²) in [7, 11) is 2.13. The molecule has 0 aliphatic rings. The van der Waals surface area contributed by atoms with Crippen LogP contribution in [-0.2, 0) is 13.5 Å². The van der Waals surface area contributed by atoms with Gasteiger partial charge in [-0.15, -0.1) is 0 Å². The largest absolute Gasteiger partial charge is 0.350 e. The van der Waals surface area contributed by atoms with Crippen molar-refractivity contribution < 1.29 is 0 Å². The van der Waals surface area contributed by atoms with E-state index in [1.165, 1.54) is 27.6 Å². The zero-order valence-corrected chi connectivity index (χ0v) is 9.39. The van der Waals surface area contributed by atoms with Gasteiger partial charge in [0.2, 0.25) is 0 Å². The Bertz CT molecular complexity index is 477. The first-order chi connectivity index (χ1) is 6.63. The van der Waals surface area contributed by atoms with Crippen LogP contribution in [0.5, 0.6) is 0 Å². The fraction of sp³-hybridized carbons (Fsp3) is 0.385. The highest BCUT2D eigenvalue weighted by Crippen LogP contribution is 2.25. The molecule has 0 amide bonds. The predicted octanol–water partition coefficient (Wildman–Crippen LogP) is 3.36. The van der Waals surface area contributed by atoms with Crippen LogP contribution in [0, 0.1) is 13.8 Å². The van der Waals surface area contributed by atoms with E-state index in [2.05, 4.69) is 50.7 Å². The van der Waals surface area contributed by atoms with Crippen LogP contribution in [0.2, 0.25) is 0 Å². The smallest absolute Gasteiger partial charge is 0.0485 e. The summed E-state index contributed by atoms with van der Waals surface area (Å²) in [6.45, 7) is 6.58. The van der Waals surface area contributed by atoms with Crippen LogP contribution in [0.3, 0.4) is 0 Å². The van der Waals surface area contributed by atoms with Gasteiger partial charge in [-0.1, -0.05) is 13.0 Å². The number of rotatable bonds is 1. The van der Waals surface area contributed by atoms with Crippen molar-refractivity contribution in [1.82, 2.24) is 4.57 Å². The van der Waals surface area contributed by atoms with E-state index in [0.717, 1.165) is 6.42 Å². The Hall–Kier alpha value is -1.24. The lowest BCUT2D eigenvalue weighted by atomic mass is 10.0. The maximum atomic E-state index is 2.27. The molecule has 0 N–H and O–H groups in total. The normalized spacial score (nSPS) is 11.1. The van der Waals surface area contributed by atoms with Crippen molar-refractivity contribution in [2.45, 2.75) is 27.2 Å². The highest BCUT2D eigenvalue weighted by atomic mass is 14.9. The van der Waals surface area contributed by atoms with Gasteiger partial charge < -0.3 is 4.57 Å². The summed E-state index contributed by atoms with van der Waals surface area (Å²) in [5, 5.41) is 1.44. The molecule has 1 aromatic carbocycles. The molecule has 0 bridgehead atoms. The van der Waals surface area contributed by atoms with E-state index < -0.39 is 0 Å². The van der Waals surface area contributed by atoms with Crippen LogP contribution in [0.1, 0.15) is 23.6 Å². The van der Waals surface area contributed by atoms with Crippen molar-refractivity contribution in [2.24, 2.45) is 7.05 Å². The van der Waals surface area contributed by atoms with Gasteiger partial charge in [0.05, 0.1) is 0 Å². The summed E-state index contributed by atoms with van der Waals surface area (Å²) in [5.74, 6) is 0. The van der Waals surface area contributed by atoms with Crippen LogP contribution >= 0.6 is 0 Å². The minimum atomic E-state index is 1.11. The zero-order chi connectivity index (χ0) is 10.3. The van der Waals surface area contributed by atoms with E-state index in [0.29, 0.717) is 0 Å². The Morgan fingerprint density at radius 2 is 1.93 bits per heavy atom. The Morgan fingerprint density at radius 1 is 1.21 bits per heavy atom. The summed E-state index contributed by atoms with van der Waals surface area (Å²) < 4.78 is 2.23. The fourth-order valence-corrected chi connectivity index (χ4v) is 2.28. The Kier molecular flexibility index (Phi) is 2.10. The van der Waals surface area contributed by atoms with Gasteiger partial charge in [0.25, 0.3) is 0 Å². The van der Waals surface area contributed by atoms with E-state index in [9.17, 15) is 0 Å². The van der Waals surface area contributed by atoms with Crippen LogP contribution in [-0.4, -0.2) is 4.57 Å². The molecule has 1 heteroatoms. The van der Waals surface area contributed by atoms with Crippen molar-refractivity contribution in [2.75, 3.05) is 0 Å². The molecule has 1 aromatic heterocycles. The van der Waals surface area contributed by atoms with Crippen molar-refractivity contribution in [3.8, 4) is 0 Å². The van der Waals surface area contributed by atoms with E-state index in [-0.39, 0.29) is 0 Å².